The van der Waals surface area contributed by atoms with Crippen LogP contribution < -0.4 is 28.4 Å². The molecule has 0 saturated heterocycles. The lowest BCUT2D eigenvalue weighted by atomic mass is 10.0. The van der Waals surface area contributed by atoms with Gasteiger partial charge in [-0.2, -0.15) is 0 Å². The average Bonchev–Trinajstić information content (AvgIpc) is 3.07. The van der Waals surface area contributed by atoms with Gasteiger partial charge in [0, 0.05) is 11.6 Å². The third-order valence-electron chi connectivity index (χ3n) is 8.94. The monoisotopic (exact) mass is 725 g/mol. The van der Waals surface area contributed by atoms with Crippen molar-refractivity contribution in [2.75, 3.05) is 0 Å². The number of hydrogen-bond donors (Lipinski definition) is 0. The molecule has 6 unspecified atom stereocenters. The molecular formula is C45H72O7. The van der Waals surface area contributed by atoms with Gasteiger partial charge in [0.15, 0.2) is 28.8 Å². The highest BCUT2D eigenvalue weighted by Crippen LogP contribution is 2.47. The molecular weight excluding hydrogens is 652 g/mol. The maximum absolute atomic E-state index is 14.8. The molecule has 2 aromatic carbocycles. The molecule has 2 rings (SSSR count). The van der Waals surface area contributed by atoms with Crippen LogP contribution in [-0.2, 0) is 0 Å². The van der Waals surface area contributed by atoms with Crippen molar-refractivity contribution in [1.29, 1.82) is 0 Å². The molecule has 294 valence electrons. The summed E-state index contributed by atoms with van der Waals surface area (Å²) in [4.78, 5) is 14.8. The topological polar surface area (TPSA) is 72.5 Å². The van der Waals surface area contributed by atoms with E-state index in [0.717, 1.165) is 88.4 Å². The molecule has 7 nitrogen and oxygen atoms in total. The Labute approximate surface area is 317 Å². The van der Waals surface area contributed by atoms with E-state index in [1.807, 2.05) is 44.2 Å². The van der Waals surface area contributed by atoms with Gasteiger partial charge in [0.1, 0.15) is 17.1 Å². The molecule has 0 amide bonds. The van der Waals surface area contributed by atoms with Crippen LogP contribution in [0.2, 0.25) is 0 Å². The van der Waals surface area contributed by atoms with Crippen molar-refractivity contribution in [3.8, 4) is 34.5 Å². The predicted octanol–water partition coefficient (Wildman–Crippen LogP) is 13.0. The summed E-state index contributed by atoms with van der Waals surface area (Å²) in [6.07, 6.45) is 14.1. The first-order valence-electron chi connectivity index (χ1n) is 20.5. The van der Waals surface area contributed by atoms with Crippen LogP contribution in [0.25, 0.3) is 6.08 Å². The molecule has 0 aliphatic rings. The van der Waals surface area contributed by atoms with Crippen LogP contribution in [0.5, 0.6) is 34.5 Å². The third-order valence-corrected chi connectivity index (χ3v) is 8.94. The lowest BCUT2D eigenvalue weighted by molar-refractivity contribution is 0.102. The zero-order chi connectivity index (χ0) is 38.6. The molecule has 0 spiro atoms. The summed E-state index contributed by atoms with van der Waals surface area (Å²) in [7, 11) is 0. The van der Waals surface area contributed by atoms with Gasteiger partial charge in [0.2, 0.25) is 0 Å². The van der Waals surface area contributed by atoms with Gasteiger partial charge >= 0.3 is 0 Å². The van der Waals surface area contributed by atoms with Crippen molar-refractivity contribution in [1.82, 2.24) is 0 Å². The van der Waals surface area contributed by atoms with Gasteiger partial charge in [0.05, 0.1) is 36.6 Å². The number of ketones is 1. The second kappa shape index (κ2) is 24.1. The molecule has 7 heteroatoms. The maximum Gasteiger partial charge on any atom is 0.193 e. The van der Waals surface area contributed by atoms with Crippen LogP contribution in [0, 0.1) is 0 Å². The van der Waals surface area contributed by atoms with E-state index in [1.165, 1.54) is 0 Å². The van der Waals surface area contributed by atoms with Crippen molar-refractivity contribution in [2.45, 2.75) is 197 Å². The van der Waals surface area contributed by atoms with Gasteiger partial charge in [-0.25, -0.2) is 0 Å². The third kappa shape index (κ3) is 14.9. The highest BCUT2D eigenvalue weighted by atomic mass is 16.5. The minimum absolute atomic E-state index is 0.0162. The largest absolute Gasteiger partial charge is 0.491 e. The fourth-order valence-electron chi connectivity index (χ4n) is 6.40. The van der Waals surface area contributed by atoms with Crippen LogP contribution >= 0.6 is 0 Å². The molecule has 52 heavy (non-hydrogen) atoms. The molecule has 0 aliphatic carbocycles. The molecule has 0 N–H and O–H groups in total. The van der Waals surface area contributed by atoms with E-state index in [9.17, 15) is 4.79 Å². The standard InChI is InChI=1S/C45H72O7/c1-13-19-31(7)47-38-26-28-40(48-32(8)20-14-2)37(29-38)25-27-39(46)43-44(51-35(11)23-17-5)41(49-33(9)21-15-3)30-42(50-34(10)22-16-4)45(43)52-36(12)24-18-6/h25-36H,13-24H2,1-12H3. The number of carbonyl (C=O) groups is 1. The van der Waals surface area contributed by atoms with Crippen LogP contribution in [0.4, 0.5) is 0 Å². The fraction of sp³-hybridized carbons (Fsp3) is 0.667. The van der Waals surface area contributed by atoms with Crippen LogP contribution in [-0.4, -0.2) is 42.4 Å². The van der Waals surface area contributed by atoms with Gasteiger partial charge in [-0.1, -0.05) is 80.1 Å². The summed E-state index contributed by atoms with van der Waals surface area (Å²) >= 11 is 0. The van der Waals surface area contributed by atoms with E-state index in [4.69, 9.17) is 28.4 Å². The lowest BCUT2D eigenvalue weighted by Gasteiger charge is -2.27. The maximum atomic E-state index is 14.8. The van der Waals surface area contributed by atoms with Gasteiger partial charge in [0.25, 0.3) is 0 Å². The minimum atomic E-state index is -0.266. The smallest absolute Gasteiger partial charge is 0.193 e. The summed E-state index contributed by atoms with van der Waals surface area (Å²) in [5, 5.41) is 0. The molecule has 0 aromatic heterocycles. The number of ether oxygens (including phenoxy) is 6. The highest BCUT2D eigenvalue weighted by molar-refractivity contribution is 6.12. The van der Waals surface area contributed by atoms with Crippen molar-refractivity contribution in [3.63, 3.8) is 0 Å². The fourth-order valence-corrected chi connectivity index (χ4v) is 6.40. The summed E-state index contributed by atoms with van der Waals surface area (Å²) in [6.45, 7) is 25.2. The van der Waals surface area contributed by atoms with Gasteiger partial charge < -0.3 is 28.4 Å². The number of carbonyl (C=O) groups excluding carboxylic acids is 1. The minimum Gasteiger partial charge on any atom is -0.491 e. The van der Waals surface area contributed by atoms with Crippen LogP contribution in [0.1, 0.15) is 176 Å². The van der Waals surface area contributed by atoms with E-state index >= 15 is 0 Å². The Balaban J connectivity index is 2.90. The van der Waals surface area contributed by atoms with E-state index < -0.39 is 0 Å². The van der Waals surface area contributed by atoms with Crippen molar-refractivity contribution < 1.29 is 33.2 Å². The summed E-state index contributed by atoms with van der Waals surface area (Å²) in [5.41, 5.74) is 1.07. The van der Waals surface area contributed by atoms with Crippen LogP contribution in [0.3, 0.4) is 0 Å². The van der Waals surface area contributed by atoms with Crippen LogP contribution in [0.15, 0.2) is 30.3 Å². The average molecular weight is 725 g/mol. The SMILES string of the molecule is CCCC(C)Oc1ccc(OC(C)CCC)c(C=CC(=O)c2c(OC(C)CCC)c(OC(C)CCC)cc(OC(C)CCC)c2OC(C)CCC)c1. The molecule has 0 heterocycles. The number of rotatable bonds is 27. The van der Waals surface area contributed by atoms with Crippen molar-refractivity contribution in [3.05, 3.63) is 41.5 Å². The first kappa shape index (κ1) is 44.8. The Morgan fingerprint density at radius 1 is 0.500 bits per heavy atom. The Morgan fingerprint density at radius 2 is 0.865 bits per heavy atom. The quantitative estimate of drug-likeness (QED) is 0.0671. The molecule has 2 aromatic rings. The second-order valence-corrected chi connectivity index (χ2v) is 14.6. The predicted molar refractivity (Wildman–Crippen MR) is 216 cm³/mol. The van der Waals surface area contributed by atoms with Gasteiger partial charge in [-0.3, -0.25) is 4.79 Å². The normalized spacial score (nSPS) is 15.0. The number of hydrogen-bond acceptors (Lipinski definition) is 7. The zero-order valence-corrected chi connectivity index (χ0v) is 34.8. The Bertz CT molecular complexity index is 1300. The second-order valence-electron chi connectivity index (χ2n) is 14.6. The number of allylic oxidation sites excluding steroid dienone is 1. The Morgan fingerprint density at radius 3 is 1.27 bits per heavy atom. The molecule has 0 radical (unpaired) electrons. The highest BCUT2D eigenvalue weighted by Gasteiger charge is 2.30. The Kier molecular flexibility index (Phi) is 20.7. The van der Waals surface area contributed by atoms with Gasteiger partial charge in [-0.05, 0) is 110 Å². The molecule has 0 aliphatic heterocycles. The van der Waals surface area contributed by atoms with E-state index in [2.05, 4.69) is 69.2 Å². The molecule has 6 atom stereocenters. The van der Waals surface area contributed by atoms with E-state index in [0.29, 0.717) is 34.3 Å². The van der Waals surface area contributed by atoms with Gasteiger partial charge in [-0.15, -0.1) is 0 Å². The summed E-state index contributed by atoms with van der Waals surface area (Å²) in [5.74, 6) is 2.94. The summed E-state index contributed by atoms with van der Waals surface area (Å²) in [6, 6.07) is 7.72. The number of benzene rings is 2. The summed E-state index contributed by atoms with van der Waals surface area (Å²) < 4.78 is 39.2. The van der Waals surface area contributed by atoms with E-state index in [1.54, 1.807) is 6.08 Å². The van der Waals surface area contributed by atoms with Crippen molar-refractivity contribution >= 4 is 11.9 Å². The Hall–Kier alpha value is -3.35. The first-order chi connectivity index (χ1) is 24.9. The molecule has 0 fully saturated rings. The van der Waals surface area contributed by atoms with Crippen molar-refractivity contribution in [2.24, 2.45) is 0 Å². The molecule has 0 saturated carbocycles. The first-order valence-corrected chi connectivity index (χ1v) is 20.5. The molecule has 0 bridgehead atoms. The zero-order valence-electron chi connectivity index (χ0n) is 34.8. The van der Waals surface area contributed by atoms with E-state index in [-0.39, 0.29) is 42.4 Å². The lowest BCUT2D eigenvalue weighted by Crippen LogP contribution is -2.21.